The maximum atomic E-state index is 12.2. The zero-order valence-corrected chi connectivity index (χ0v) is 14.1. The molecular weight excluding hydrogens is 314 g/mol. The molecule has 0 spiro atoms. The number of hydrogen-bond acceptors (Lipinski definition) is 4. The topological polar surface area (TPSA) is 72.5 Å². The largest absolute Gasteiger partial charge is 0.377 e. The van der Waals surface area contributed by atoms with Gasteiger partial charge in [-0.05, 0) is 44.9 Å². The molecule has 0 aromatic heterocycles. The number of ether oxygens (including phenoxy) is 1. The van der Waals surface area contributed by atoms with Crippen LogP contribution < -0.4 is 5.32 Å². The molecule has 1 amide bonds. The summed E-state index contributed by atoms with van der Waals surface area (Å²) in [6, 6.07) is 2.95. The van der Waals surface area contributed by atoms with Crippen molar-refractivity contribution in [2.24, 2.45) is 0 Å². The maximum Gasteiger partial charge on any atom is 0.261 e. The number of amides is 1. The van der Waals surface area contributed by atoms with Gasteiger partial charge in [0.2, 0.25) is 0 Å². The highest BCUT2D eigenvalue weighted by atomic mass is 35.7. The number of nitrogens with one attached hydrogen (secondary N) is 1. The average Bonchev–Trinajstić information content (AvgIpc) is 2.34. The third-order valence-corrected chi connectivity index (χ3v) is 4.49. The van der Waals surface area contributed by atoms with Gasteiger partial charge in [0.15, 0.2) is 0 Å². The number of rotatable bonds is 6. The molecule has 7 heteroatoms. The summed E-state index contributed by atoms with van der Waals surface area (Å²) >= 11 is 0. The Morgan fingerprint density at radius 3 is 2.48 bits per heavy atom. The summed E-state index contributed by atoms with van der Waals surface area (Å²) in [4.78, 5) is 12.1. The molecule has 5 nitrogen and oxygen atoms in total. The Balaban J connectivity index is 3.00. The number of hydrogen-bond donors (Lipinski definition) is 1. The Hall–Kier alpha value is -1.11. The normalized spacial score (nSPS) is 13.0. The molecule has 1 atom stereocenters. The first-order valence-corrected chi connectivity index (χ1v) is 8.93. The third-order valence-electron chi connectivity index (χ3n) is 3.03. The lowest BCUT2D eigenvalue weighted by Crippen LogP contribution is -2.32. The molecule has 0 aliphatic rings. The third kappa shape index (κ3) is 4.98. The Morgan fingerprint density at radius 1 is 1.33 bits per heavy atom. The van der Waals surface area contributed by atoms with Crippen molar-refractivity contribution >= 4 is 25.6 Å². The van der Waals surface area contributed by atoms with Gasteiger partial charge in [0.25, 0.3) is 15.0 Å². The summed E-state index contributed by atoms with van der Waals surface area (Å²) in [5.74, 6) is -0.347. The van der Waals surface area contributed by atoms with E-state index in [1.807, 2.05) is 13.8 Å². The van der Waals surface area contributed by atoms with Crippen LogP contribution in [0.2, 0.25) is 0 Å². The number of carbonyl (C=O) groups is 1. The van der Waals surface area contributed by atoms with E-state index < -0.39 is 9.05 Å². The van der Waals surface area contributed by atoms with Crippen LogP contribution in [0.5, 0.6) is 0 Å². The van der Waals surface area contributed by atoms with E-state index in [0.29, 0.717) is 29.8 Å². The minimum absolute atomic E-state index is 0.0437. The van der Waals surface area contributed by atoms with Crippen molar-refractivity contribution in [1.82, 2.24) is 5.32 Å². The molecule has 0 saturated heterocycles. The molecule has 118 valence electrons. The summed E-state index contributed by atoms with van der Waals surface area (Å²) in [6.07, 6.45) is -0.110. The van der Waals surface area contributed by atoms with Crippen molar-refractivity contribution in [3.8, 4) is 0 Å². The van der Waals surface area contributed by atoms with Crippen molar-refractivity contribution in [3.05, 3.63) is 28.8 Å². The number of aryl methyl sites for hydroxylation is 2. The molecule has 1 unspecified atom stereocenters. The number of halogens is 1. The van der Waals surface area contributed by atoms with Gasteiger partial charge in [-0.25, -0.2) is 8.42 Å². The van der Waals surface area contributed by atoms with Gasteiger partial charge in [-0.2, -0.15) is 0 Å². The van der Waals surface area contributed by atoms with Crippen molar-refractivity contribution in [1.29, 1.82) is 0 Å². The Bertz CT molecular complexity index is 628. The maximum absolute atomic E-state index is 12.2. The molecule has 0 aliphatic heterocycles. The first-order valence-electron chi connectivity index (χ1n) is 6.62. The van der Waals surface area contributed by atoms with E-state index in [2.05, 4.69) is 5.32 Å². The molecule has 0 fully saturated rings. The van der Waals surface area contributed by atoms with Crippen LogP contribution in [0.15, 0.2) is 17.0 Å². The molecule has 0 saturated carbocycles. The van der Waals surface area contributed by atoms with E-state index in [1.54, 1.807) is 19.9 Å². The van der Waals surface area contributed by atoms with Crippen LogP contribution in [-0.2, 0) is 13.8 Å². The zero-order chi connectivity index (χ0) is 16.2. The Kier molecular flexibility index (Phi) is 6.19. The van der Waals surface area contributed by atoms with E-state index in [9.17, 15) is 13.2 Å². The number of benzene rings is 1. The SMILES string of the molecule is CCOC(C)CNC(=O)c1cc(S(=O)(=O)Cl)c(C)cc1C. The summed E-state index contributed by atoms with van der Waals surface area (Å²) in [5, 5.41) is 2.72. The number of carbonyl (C=O) groups excluding carboxylic acids is 1. The van der Waals surface area contributed by atoms with Crippen LogP contribution in [0, 0.1) is 13.8 Å². The molecule has 1 aromatic carbocycles. The first kappa shape index (κ1) is 17.9. The Morgan fingerprint density at radius 2 is 1.95 bits per heavy atom. The van der Waals surface area contributed by atoms with E-state index in [1.165, 1.54) is 6.07 Å². The average molecular weight is 334 g/mol. The van der Waals surface area contributed by atoms with E-state index in [-0.39, 0.29) is 16.9 Å². The molecule has 1 rings (SSSR count). The second-order valence-corrected chi connectivity index (χ2v) is 7.38. The van der Waals surface area contributed by atoms with Crippen LogP contribution in [0.4, 0.5) is 0 Å². The van der Waals surface area contributed by atoms with Gasteiger partial charge in [0, 0.05) is 29.4 Å². The fourth-order valence-electron chi connectivity index (χ4n) is 2.01. The van der Waals surface area contributed by atoms with E-state index in [4.69, 9.17) is 15.4 Å². The van der Waals surface area contributed by atoms with Gasteiger partial charge in [0.05, 0.1) is 11.0 Å². The van der Waals surface area contributed by atoms with Crippen LogP contribution in [-0.4, -0.2) is 33.6 Å². The van der Waals surface area contributed by atoms with Gasteiger partial charge in [-0.1, -0.05) is 6.07 Å². The van der Waals surface area contributed by atoms with Crippen molar-refractivity contribution in [3.63, 3.8) is 0 Å². The van der Waals surface area contributed by atoms with Crippen LogP contribution in [0.25, 0.3) is 0 Å². The lowest BCUT2D eigenvalue weighted by Gasteiger charge is -2.14. The van der Waals surface area contributed by atoms with E-state index >= 15 is 0 Å². The lowest BCUT2D eigenvalue weighted by molar-refractivity contribution is 0.0695. The first-order chi connectivity index (χ1) is 9.66. The van der Waals surface area contributed by atoms with Crippen molar-refractivity contribution in [2.75, 3.05) is 13.2 Å². The quantitative estimate of drug-likeness (QED) is 0.811. The van der Waals surface area contributed by atoms with Gasteiger partial charge in [-0.15, -0.1) is 0 Å². The molecule has 0 bridgehead atoms. The summed E-state index contributed by atoms with van der Waals surface area (Å²) in [7, 11) is 1.50. The van der Waals surface area contributed by atoms with Gasteiger partial charge < -0.3 is 10.1 Å². The van der Waals surface area contributed by atoms with Crippen molar-refractivity contribution < 1.29 is 17.9 Å². The van der Waals surface area contributed by atoms with Crippen LogP contribution in [0.1, 0.15) is 35.3 Å². The highest BCUT2D eigenvalue weighted by Crippen LogP contribution is 2.23. The summed E-state index contributed by atoms with van der Waals surface area (Å²) in [5.41, 5.74) is 1.50. The van der Waals surface area contributed by atoms with Gasteiger partial charge in [-0.3, -0.25) is 4.79 Å². The summed E-state index contributed by atoms with van der Waals surface area (Å²) < 4.78 is 28.3. The van der Waals surface area contributed by atoms with Crippen LogP contribution >= 0.6 is 10.7 Å². The van der Waals surface area contributed by atoms with E-state index in [0.717, 1.165) is 0 Å². The standard InChI is InChI=1S/C14H20ClNO4S/c1-5-20-11(4)8-16-14(17)12-7-13(21(15,18)19)10(3)6-9(12)2/h6-7,11H,5,8H2,1-4H3,(H,16,17). The molecule has 0 aliphatic carbocycles. The Labute approximate surface area is 130 Å². The minimum atomic E-state index is -3.88. The smallest absolute Gasteiger partial charge is 0.261 e. The monoisotopic (exact) mass is 333 g/mol. The van der Waals surface area contributed by atoms with Crippen molar-refractivity contribution in [2.45, 2.75) is 38.7 Å². The molecule has 0 heterocycles. The highest BCUT2D eigenvalue weighted by molar-refractivity contribution is 8.13. The minimum Gasteiger partial charge on any atom is -0.377 e. The fourth-order valence-corrected chi connectivity index (χ4v) is 3.22. The predicted molar refractivity (Wildman–Crippen MR) is 82.4 cm³/mol. The zero-order valence-electron chi connectivity index (χ0n) is 12.6. The molecular formula is C14H20ClNO4S. The highest BCUT2D eigenvalue weighted by Gasteiger charge is 2.19. The second kappa shape index (κ2) is 7.24. The molecule has 0 radical (unpaired) electrons. The van der Waals surface area contributed by atoms with Crippen LogP contribution in [0.3, 0.4) is 0 Å². The lowest BCUT2D eigenvalue weighted by atomic mass is 10.0. The molecule has 1 N–H and O–H groups in total. The summed E-state index contributed by atoms with van der Waals surface area (Å²) in [6.45, 7) is 8.03. The molecule has 1 aromatic rings. The van der Waals surface area contributed by atoms with Gasteiger partial charge in [0.1, 0.15) is 0 Å². The van der Waals surface area contributed by atoms with Gasteiger partial charge >= 0.3 is 0 Å². The fraction of sp³-hybridized carbons (Fsp3) is 0.500. The second-order valence-electron chi connectivity index (χ2n) is 4.85. The molecule has 21 heavy (non-hydrogen) atoms. The predicted octanol–water partition coefficient (Wildman–Crippen LogP) is 2.39.